The Morgan fingerprint density at radius 1 is 0.430 bits per heavy atom. The smallest absolute Gasteiger partial charge is 0.249 e. The van der Waals surface area contributed by atoms with Crippen LogP contribution in [0.3, 0.4) is 0 Å². The first-order chi connectivity index (χ1) is 38.7. The molecule has 1 fully saturated rings. The van der Waals surface area contributed by atoms with Gasteiger partial charge in [0, 0.05) is 0 Å². The van der Waals surface area contributed by atoms with Gasteiger partial charge in [-0.25, -0.2) is 0 Å². The van der Waals surface area contributed by atoms with Crippen LogP contribution in [0.1, 0.15) is 322 Å². The molecule has 466 valence electrons. The van der Waals surface area contributed by atoms with E-state index in [0.29, 0.717) is 19.3 Å². The zero-order valence-electron chi connectivity index (χ0n) is 51.4. The van der Waals surface area contributed by atoms with E-state index in [1.54, 1.807) is 0 Å². The molecule has 11 nitrogen and oxygen atoms in total. The second kappa shape index (κ2) is 56.8. The fourth-order valence-electron chi connectivity index (χ4n) is 10.9. The lowest BCUT2D eigenvalue weighted by molar-refractivity contribution is -0.303. The van der Waals surface area contributed by atoms with Gasteiger partial charge in [0.2, 0.25) is 5.91 Å². The average Bonchev–Trinajstić information content (AvgIpc) is 3.46. The van der Waals surface area contributed by atoms with Gasteiger partial charge >= 0.3 is 0 Å². The molecule has 0 saturated carbocycles. The van der Waals surface area contributed by atoms with Crippen molar-refractivity contribution in [1.29, 1.82) is 0 Å². The minimum atomic E-state index is -1.67. The Labute approximate surface area is 486 Å². The SMILES string of the molecule is CCCCCCCCCCCCC/C=C/CC/C=C/CC/C=C/CCCC(O)C(O)C(COC1OC(CO)C(O)C(O)C1O)NC(=O)C(O)CCCCCCCCCCCCCCCCCCCCCCCCCCCCCC. The number of aliphatic hydroxyl groups excluding tert-OH is 7. The summed E-state index contributed by atoms with van der Waals surface area (Å²) < 4.78 is 11.2. The zero-order valence-corrected chi connectivity index (χ0v) is 51.4. The molecule has 1 heterocycles. The van der Waals surface area contributed by atoms with Crippen molar-refractivity contribution in [3.05, 3.63) is 36.5 Å². The third-order valence-corrected chi connectivity index (χ3v) is 16.4. The van der Waals surface area contributed by atoms with Crippen LogP contribution in [0.5, 0.6) is 0 Å². The van der Waals surface area contributed by atoms with Gasteiger partial charge in [-0.15, -0.1) is 0 Å². The number of ether oxygens (including phenoxy) is 2. The van der Waals surface area contributed by atoms with E-state index in [4.69, 9.17) is 9.47 Å². The van der Waals surface area contributed by atoms with Crippen molar-refractivity contribution < 1.29 is 50.0 Å². The Balaban J connectivity index is 2.25. The van der Waals surface area contributed by atoms with E-state index in [9.17, 15) is 40.5 Å². The summed E-state index contributed by atoms with van der Waals surface area (Å²) in [7, 11) is 0. The van der Waals surface area contributed by atoms with Gasteiger partial charge in [-0.1, -0.05) is 294 Å². The minimum absolute atomic E-state index is 0.243. The highest BCUT2D eigenvalue weighted by atomic mass is 16.7. The highest BCUT2D eigenvalue weighted by Gasteiger charge is 2.44. The van der Waals surface area contributed by atoms with Crippen molar-refractivity contribution >= 4 is 5.91 Å². The van der Waals surface area contributed by atoms with Gasteiger partial charge in [-0.2, -0.15) is 0 Å². The lowest BCUT2D eigenvalue weighted by Crippen LogP contribution is -2.60. The van der Waals surface area contributed by atoms with Gasteiger partial charge in [0.15, 0.2) is 6.29 Å². The first kappa shape index (κ1) is 75.3. The molecule has 1 saturated heterocycles. The van der Waals surface area contributed by atoms with Crippen LogP contribution in [0.2, 0.25) is 0 Å². The molecule has 1 aliphatic heterocycles. The number of carbonyl (C=O) groups is 1. The van der Waals surface area contributed by atoms with Crippen LogP contribution in [-0.2, 0) is 14.3 Å². The van der Waals surface area contributed by atoms with Gasteiger partial charge < -0.3 is 50.5 Å². The summed E-state index contributed by atoms with van der Waals surface area (Å²) in [6.45, 7) is 3.48. The number of rotatable bonds is 59. The lowest BCUT2D eigenvalue weighted by Gasteiger charge is -2.40. The highest BCUT2D eigenvalue weighted by molar-refractivity contribution is 5.80. The number of nitrogens with one attached hydrogen (secondary N) is 1. The maximum atomic E-state index is 13.2. The number of hydrogen-bond donors (Lipinski definition) is 8. The molecule has 1 rings (SSSR count). The molecule has 1 amide bonds. The van der Waals surface area contributed by atoms with Crippen molar-refractivity contribution in [2.45, 2.75) is 377 Å². The third kappa shape index (κ3) is 44.5. The Kier molecular flexibility index (Phi) is 54.2. The third-order valence-electron chi connectivity index (χ3n) is 16.4. The molecule has 11 heteroatoms. The number of aliphatic hydroxyl groups is 7. The van der Waals surface area contributed by atoms with E-state index in [2.05, 4.69) is 55.6 Å². The molecule has 8 N–H and O–H groups in total. The normalized spacial score (nSPS) is 19.5. The van der Waals surface area contributed by atoms with Crippen molar-refractivity contribution in [3.8, 4) is 0 Å². The Bertz CT molecular complexity index is 1380. The summed E-state index contributed by atoms with van der Waals surface area (Å²) in [6, 6.07) is -1.19. The second-order valence-electron chi connectivity index (χ2n) is 23.9. The van der Waals surface area contributed by atoms with Crippen molar-refractivity contribution in [1.82, 2.24) is 5.32 Å². The van der Waals surface area contributed by atoms with Crippen LogP contribution in [0, 0.1) is 0 Å². The summed E-state index contributed by atoms with van der Waals surface area (Å²) in [5.41, 5.74) is 0. The Morgan fingerprint density at radius 2 is 0.759 bits per heavy atom. The van der Waals surface area contributed by atoms with E-state index in [1.807, 2.05) is 0 Å². The van der Waals surface area contributed by atoms with Crippen LogP contribution in [0.25, 0.3) is 0 Å². The van der Waals surface area contributed by atoms with Crippen LogP contribution in [0.15, 0.2) is 36.5 Å². The molecule has 9 atom stereocenters. The number of carbonyl (C=O) groups excluding carboxylic acids is 1. The molecule has 9 unspecified atom stereocenters. The summed E-state index contributed by atoms with van der Waals surface area (Å²) >= 11 is 0. The first-order valence-electron chi connectivity index (χ1n) is 33.9. The fraction of sp³-hybridized carbons (Fsp3) is 0.897. The molecule has 1 aliphatic rings. The highest BCUT2D eigenvalue weighted by Crippen LogP contribution is 2.24. The van der Waals surface area contributed by atoms with Crippen LogP contribution < -0.4 is 5.32 Å². The summed E-state index contributed by atoms with van der Waals surface area (Å²) in [5, 5.41) is 76.4. The molecule has 0 aromatic rings. The van der Waals surface area contributed by atoms with Gasteiger partial charge in [-0.3, -0.25) is 4.79 Å². The molecule has 0 radical (unpaired) electrons. The maximum Gasteiger partial charge on any atom is 0.249 e. The monoisotopic (exact) mass is 1120 g/mol. The number of allylic oxidation sites excluding steroid dienone is 6. The standard InChI is InChI=1S/C68H129NO10/c1-3-5-7-9-11-13-15-17-19-21-23-25-27-29-30-31-32-34-36-38-40-42-44-46-48-50-52-54-56-61(72)67(77)69-59(58-78-68-66(76)65(75)64(74)62(57-70)79-68)63(73)60(71)55-53-51-49-47-45-43-41-39-37-35-33-28-26-24-22-20-18-16-14-12-10-8-6-4-2/h28,33,39,41,47,49,59-66,68,70-76H,3-27,29-32,34-38,40,42-46,48,50-58H2,1-2H3,(H,69,77)/b33-28+,41-39+,49-47+. The summed E-state index contributed by atoms with van der Waals surface area (Å²) in [6.07, 6.45) is 60.8. The van der Waals surface area contributed by atoms with Crippen molar-refractivity contribution in [3.63, 3.8) is 0 Å². The predicted octanol–water partition coefficient (Wildman–Crippen LogP) is 15.8. The molecule has 0 aromatic carbocycles. The average molecular weight is 1120 g/mol. The number of hydrogen-bond acceptors (Lipinski definition) is 10. The van der Waals surface area contributed by atoms with Gasteiger partial charge in [0.25, 0.3) is 0 Å². The summed E-state index contributed by atoms with van der Waals surface area (Å²) in [4.78, 5) is 13.2. The molecule has 79 heavy (non-hydrogen) atoms. The van der Waals surface area contributed by atoms with Gasteiger partial charge in [-0.05, 0) is 64.2 Å². The molecule has 0 bridgehead atoms. The Hall–Kier alpha value is -1.67. The molecule has 0 spiro atoms. The zero-order chi connectivity index (χ0) is 57.5. The second-order valence-corrected chi connectivity index (χ2v) is 23.9. The van der Waals surface area contributed by atoms with Crippen LogP contribution in [-0.4, -0.2) is 110 Å². The van der Waals surface area contributed by atoms with Gasteiger partial charge in [0.05, 0.1) is 25.4 Å². The largest absolute Gasteiger partial charge is 0.394 e. The van der Waals surface area contributed by atoms with Crippen LogP contribution >= 0.6 is 0 Å². The van der Waals surface area contributed by atoms with Crippen molar-refractivity contribution in [2.75, 3.05) is 13.2 Å². The van der Waals surface area contributed by atoms with E-state index in [0.717, 1.165) is 44.9 Å². The quantitative estimate of drug-likeness (QED) is 0.0215. The van der Waals surface area contributed by atoms with Crippen LogP contribution in [0.4, 0.5) is 0 Å². The van der Waals surface area contributed by atoms with Gasteiger partial charge in [0.1, 0.15) is 36.6 Å². The van der Waals surface area contributed by atoms with E-state index in [-0.39, 0.29) is 12.8 Å². The fourth-order valence-corrected chi connectivity index (χ4v) is 10.9. The van der Waals surface area contributed by atoms with E-state index in [1.165, 1.54) is 231 Å². The minimum Gasteiger partial charge on any atom is -0.394 e. The maximum absolute atomic E-state index is 13.2. The number of amides is 1. The lowest BCUT2D eigenvalue weighted by atomic mass is 9.98. The summed E-state index contributed by atoms with van der Waals surface area (Å²) in [5.74, 6) is -0.707. The topological polar surface area (TPSA) is 189 Å². The van der Waals surface area contributed by atoms with Crippen molar-refractivity contribution in [2.24, 2.45) is 0 Å². The predicted molar refractivity (Wildman–Crippen MR) is 330 cm³/mol. The van der Waals surface area contributed by atoms with E-state index < -0.39 is 74.2 Å². The molecular weight excluding hydrogens is 991 g/mol. The first-order valence-corrected chi connectivity index (χ1v) is 33.9. The molecule has 0 aliphatic carbocycles. The molecule has 0 aromatic heterocycles. The molecular formula is C68H129NO10. The number of unbranched alkanes of at least 4 members (excludes halogenated alkanes) is 41. The Morgan fingerprint density at radius 3 is 1.13 bits per heavy atom. The van der Waals surface area contributed by atoms with E-state index >= 15 is 0 Å².